The van der Waals surface area contributed by atoms with Gasteiger partial charge in [0.05, 0.1) is 6.54 Å². The average Bonchev–Trinajstić information content (AvgIpc) is 3.57. The van der Waals surface area contributed by atoms with E-state index in [0.717, 1.165) is 32.0 Å². The molecule has 3 aliphatic heterocycles. The number of carbonyl (C=O) groups excluding carboxylic acids is 3. The quantitative estimate of drug-likeness (QED) is 0.483. The lowest BCUT2D eigenvalue weighted by atomic mass is 9.89. The third kappa shape index (κ3) is 7.98. The number of ether oxygens (including phenoxy) is 2. The Kier molecular flexibility index (Phi) is 14.6. The van der Waals surface area contributed by atoms with Crippen LogP contribution in [0.4, 0.5) is 0 Å². The summed E-state index contributed by atoms with van der Waals surface area (Å²) in [6.07, 6.45) is 4.74. The van der Waals surface area contributed by atoms with Gasteiger partial charge in [0, 0.05) is 18.7 Å². The molecular formula is C29H49N3O5S3. The van der Waals surface area contributed by atoms with Gasteiger partial charge in [0.25, 0.3) is 5.91 Å². The maximum atomic E-state index is 13.6. The zero-order valence-corrected chi connectivity index (χ0v) is 26.2. The highest BCUT2D eigenvalue weighted by molar-refractivity contribution is 7.59. The molecule has 40 heavy (non-hydrogen) atoms. The first kappa shape index (κ1) is 36.8. The summed E-state index contributed by atoms with van der Waals surface area (Å²) < 4.78 is 11.1. The number of nitrogens with one attached hydrogen (secondary N) is 1. The number of rotatable bonds is 8. The molecule has 4 fully saturated rings. The topological polar surface area (TPSA) is 88.2 Å². The maximum Gasteiger partial charge on any atom is 0.251 e. The average molecular weight is 616 g/mol. The van der Waals surface area contributed by atoms with E-state index in [0.29, 0.717) is 17.9 Å². The van der Waals surface area contributed by atoms with E-state index >= 15 is 0 Å². The Balaban J connectivity index is 0.00000200. The summed E-state index contributed by atoms with van der Waals surface area (Å²) >= 11 is 0. The SMILES string of the molecule is C.CO[C@@H]1CN(C(=O)[C@H](CC(C)C)NC(=O)c2ccc(C3CCN(C4CC4)CC3)cc2)[C@@H]2C(=O)CO[C@@H]21.S.S.S. The van der Waals surface area contributed by atoms with Gasteiger partial charge in [-0.25, -0.2) is 0 Å². The van der Waals surface area contributed by atoms with Crippen LogP contribution in [-0.4, -0.2) is 91.1 Å². The monoisotopic (exact) mass is 615 g/mol. The highest BCUT2D eigenvalue weighted by Gasteiger charge is 2.53. The molecule has 11 heteroatoms. The second-order valence-electron chi connectivity index (χ2n) is 11.3. The Bertz CT molecular complexity index is 984. The predicted molar refractivity (Wildman–Crippen MR) is 173 cm³/mol. The lowest BCUT2D eigenvalue weighted by Gasteiger charge is -2.32. The van der Waals surface area contributed by atoms with Gasteiger partial charge >= 0.3 is 0 Å². The highest BCUT2D eigenvalue weighted by atomic mass is 32.1. The van der Waals surface area contributed by atoms with Crippen LogP contribution in [-0.2, 0) is 19.1 Å². The van der Waals surface area contributed by atoms with Crippen molar-refractivity contribution >= 4 is 58.1 Å². The molecule has 3 heterocycles. The molecule has 5 rings (SSSR count). The normalized spacial score (nSPS) is 25.1. The van der Waals surface area contributed by atoms with Gasteiger partial charge in [0.1, 0.15) is 30.9 Å². The van der Waals surface area contributed by atoms with Crippen LogP contribution in [0.2, 0.25) is 0 Å². The van der Waals surface area contributed by atoms with E-state index in [1.165, 1.54) is 18.4 Å². The van der Waals surface area contributed by atoms with Crippen molar-refractivity contribution in [3.8, 4) is 0 Å². The van der Waals surface area contributed by atoms with Crippen LogP contribution in [0.5, 0.6) is 0 Å². The Morgan fingerprint density at radius 3 is 2.23 bits per heavy atom. The molecule has 0 bridgehead atoms. The number of methoxy groups -OCH3 is 1. The fraction of sp³-hybridized carbons (Fsp3) is 0.690. The van der Waals surface area contributed by atoms with Gasteiger partial charge in [-0.05, 0) is 74.7 Å². The van der Waals surface area contributed by atoms with Crippen LogP contribution in [0, 0.1) is 5.92 Å². The number of likely N-dealkylation sites (tertiary alicyclic amines) is 2. The summed E-state index contributed by atoms with van der Waals surface area (Å²) in [7, 11) is 1.56. The smallest absolute Gasteiger partial charge is 0.251 e. The van der Waals surface area contributed by atoms with Crippen LogP contribution in [0.15, 0.2) is 24.3 Å². The second-order valence-corrected chi connectivity index (χ2v) is 11.3. The fourth-order valence-electron chi connectivity index (χ4n) is 6.13. The van der Waals surface area contributed by atoms with Crippen LogP contribution in [0.3, 0.4) is 0 Å². The van der Waals surface area contributed by atoms with Crippen molar-refractivity contribution in [2.45, 2.75) is 89.6 Å². The van der Waals surface area contributed by atoms with Gasteiger partial charge in [-0.15, -0.1) is 0 Å². The Labute approximate surface area is 260 Å². The minimum absolute atomic E-state index is 0. The number of Topliss-reactive ketones (excluding diaryl/α,β-unsaturated/α-hetero) is 1. The summed E-state index contributed by atoms with van der Waals surface area (Å²) in [4.78, 5) is 43.4. The van der Waals surface area contributed by atoms with Crippen LogP contribution < -0.4 is 5.32 Å². The highest BCUT2D eigenvalue weighted by Crippen LogP contribution is 2.35. The molecule has 1 aromatic carbocycles. The molecule has 0 aromatic heterocycles. The van der Waals surface area contributed by atoms with Gasteiger partial charge in [0.2, 0.25) is 5.91 Å². The standard InChI is InChI=1S/C28H39N3O5.CH4.3H2S/c1-17(2)14-22(28(34)31-15-24(35-3)26-25(31)23(32)16-36-26)29-27(33)20-6-4-18(5-7-20)19-10-12-30(13-11-19)21-8-9-21;;;;/h4-7,17,19,21-22,24-26H,8-16H2,1-3H3,(H,29,33);1H4;3*1H2/t22-,24+,25+,26+;;;;/m0..../s1. The van der Waals surface area contributed by atoms with Crippen molar-refractivity contribution in [2.75, 3.05) is 33.4 Å². The molecule has 4 aliphatic rings. The maximum absolute atomic E-state index is 13.6. The number of benzene rings is 1. The lowest BCUT2D eigenvalue weighted by molar-refractivity contribution is -0.138. The molecule has 228 valence electrons. The Morgan fingerprint density at radius 1 is 1.05 bits per heavy atom. The summed E-state index contributed by atoms with van der Waals surface area (Å²) in [6, 6.07) is 7.34. The first-order chi connectivity index (χ1) is 17.4. The van der Waals surface area contributed by atoms with Gasteiger partial charge in [0.15, 0.2) is 5.78 Å². The zero-order valence-electron chi connectivity index (χ0n) is 23.2. The largest absolute Gasteiger partial charge is 0.377 e. The number of carbonyl (C=O) groups is 3. The molecule has 8 nitrogen and oxygen atoms in total. The lowest BCUT2D eigenvalue weighted by Crippen LogP contribution is -2.52. The van der Waals surface area contributed by atoms with Crippen molar-refractivity contribution in [3.63, 3.8) is 0 Å². The number of nitrogens with zero attached hydrogens (tertiary/aromatic N) is 2. The van der Waals surface area contributed by atoms with Gasteiger partial charge in [-0.2, -0.15) is 40.5 Å². The third-order valence-corrected chi connectivity index (χ3v) is 8.27. The molecule has 1 saturated carbocycles. The number of amides is 2. The molecule has 0 spiro atoms. The molecule has 0 radical (unpaired) electrons. The van der Waals surface area contributed by atoms with Crippen molar-refractivity contribution in [3.05, 3.63) is 35.4 Å². The molecular weight excluding hydrogens is 567 g/mol. The van der Waals surface area contributed by atoms with Crippen LogP contribution >= 0.6 is 40.5 Å². The first-order valence-electron chi connectivity index (χ1n) is 13.5. The van der Waals surface area contributed by atoms with Crippen LogP contribution in [0.25, 0.3) is 0 Å². The zero-order chi connectivity index (χ0) is 25.4. The predicted octanol–water partition coefficient (Wildman–Crippen LogP) is 3.34. The van der Waals surface area contributed by atoms with E-state index < -0.39 is 18.2 Å². The third-order valence-electron chi connectivity index (χ3n) is 8.27. The number of hydrogen-bond acceptors (Lipinski definition) is 6. The van der Waals surface area contributed by atoms with E-state index in [9.17, 15) is 14.4 Å². The Hall–Kier alpha value is -1.24. The second kappa shape index (κ2) is 15.8. The van der Waals surface area contributed by atoms with Crippen molar-refractivity contribution in [1.82, 2.24) is 15.1 Å². The number of ketones is 1. The number of hydrogen-bond donors (Lipinski definition) is 1. The van der Waals surface area contributed by atoms with Gasteiger partial charge < -0.3 is 24.6 Å². The number of piperidine rings is 1. The minimum Gasteiger partial charge on any atom is -0.377 e. The molecule has 2 amide bonds. The van der Waals surface area contributed by atoms with Crippen molar-refractivity contribution in [2.24, 2.45) is 5.92 Å². The number of fused-ring (bicyclic) bond motifs is 1. The molecule has 1 aromatic rings. The molecule has 1 aliphatic carbocycles. The van der Waals surface area contributed by atoms with Crippen molar-refractivity contribution < 1.29 is 23.9 Å². The fourth-order valence-corrected chi connectivity index (χ4v) is 6.13. The van der Waals surface area contributed by atoms with Crippen LogP contribution in [0.1, 0.15) is 75.2 Å². The van der Waals surface area contributed by atoms with E-state index in [1.807, 2.05) is 26.0 Å². The molecule has 3 saturated heterocycles. The molecule has 0 unspecified atom stereocenters. The summed E-state index contributed by atoms with van der Waals surface area (Å²) in [5.74, 6) is 0.105. The summed E-state index contributed by atoms with van der Waals surface area (Å²) in [5.41, 5.74) is 1.83. The van der Waals surface area contributed by atoms with E-state index in [1.54, 1.807) is 12.0 Å². The minimum atomic E-state index is -0.714. The van der Waals surface area contributed by atoms with Gasteiger partial charge in [-0.1, -0.05) is 33.4 Å². The van der Waals surface area contributed by atoms with E-state index in [2.05, 4.69) is 22.3 Å². The molecule has 4 atom stereocenters. The Morgan fingerprint density at radius 2 is 1.68 bits per heavy atom. The summed E-state index contributed by atoms with van der Waals surface area (Å²) in [6.45, 7) is 6.63. The van der Waals surface area contributed by atoms with E-state index in [4.69, 9.17) is 9.47 Å². The summed E-state index contributed by atoms with van der Waals surface area (Å²) in [5, 5.41) is 2.96. The van der Waals surface area contributed by atoms with E-state index in [-0.39, 0.29) is 90.7 Å². The molecule has 1 N–H and O–H groups in total. The van der Waals surface area contributed by atoms with Crippen molar-refractivity contribution in [1.29, 1.82) is 0 Å². The first-order valence-corrected chi connectivity index (χ1v) is 13.5. The van der Waals surface area contributed by atoms with Gasteiger partial charge in [-0.3, -0.25) is 14.4 Å².